The average molecular weight is 673 g/mol. The van der Waals surface area contributed by atoms with E-state index in [1.165, 1.54) is 33.4 Å². The molecule has 2 aliphatic carbocycles. The summed E-state index contributed by atoms with van der Waals surface area (Å²) in [5, 5.41) is 0. The molecule has 0 amide bonds. The SMILES string of the molecule is CC(C)(C)c1ccc2c(c1)-c1cc(C(C)(C)C)ccc1[CH]2[Zr]([C]1=CC=CC1)=[C](c1ccccc1)c1ccccc1.Cl.Cl. The van der Waals surface area contributed by atoms with Gasteiger partial charge in [0.25, 0.3) is 0 Å². The number of hydrogen-bond donors (Lipinski definition) is 0. The van der Waals surface area contributed by atoms with Crippen molar-refractivity contribution in [2.75, 3.05) is 0 Å². The topological polar surface area (TPSA) is 0 Å². The molecule has 0 bridgehead atoms. The number of fused-ring (bicyclic) bond motifs is 3. The van der Waals surface area contributed by atoms with E-state index in [1.807, 2.05) is 0 Å². The van der Waals surface area contributed by atoms with E-state index in [0.29, 0.717) is 3.63 Å². The molecule has 0 aliphatic heterocycles. The fourth-order valence-electron chi connectivity index (χ4n) is 6.32. The van der Waals surface area contributed by atoms with Crippen LogP contribution in [0.1, 0.15) is 85.0 Å². The van der Waals surface area contributed by atoms with Crippen LogP contribution in [0.3, 0.4) is 0 Å². The molecule has 0 unspecified atom stereocenters. The summed E-state index contributed by atoms with van der Waals surface area (Å²) < 4.78 is 3.74. The van der Waals surface area contributed by atoms with E-state index in [2.05, 4.69) is 157 Å². The van der Waals surface area contributed by atoms with Gasteiger partial charge in [0.05, 0.1) is 0 Å². The normalized spacial score (nSPS) is 13.9. The van der Waals surface area contributed by atoms with Gasteiger partial charge >= 0.3 is 250 Å². The zero-order valence-corrected chi connectivity index (χ0v) is 29.7. The summed E-state index contributed by atoms with van der Waals surface area (Å²) in [6.45, 7) is 14.0. The van der Waals surface area contributed by atoms with Crippen LogP contribution in [0.2, 0.25) is 0 Å². The molecule has 4 aromatic carbocycles. The molecule has 0 nitrogen and oxygen atoms in total. The Morgan fingerprint density at radius 1 is 0.619 bits per heavy atom. The Bertz CT molecular complexity index is 1560. The Morgan fingerprint density at radius 3 is 1.45 bits per heavy atom. The summed E-state index contributed by atoms with van der Waals surface area (Å²) in [6, 6.07) is 37.4. The van der Waals surface area contributed by atoms with Gasteiger partial charge in [0, 0.05) is 0 Å². The van der Waals surface area contributed by atoms with Crippen molar-refractivity contribution in [3.63, 3.8) is 0 Å². The monoisotopic (exact) mass is 670 g/mol. The molecule has 4 aromatic rings. The Kier molecular flexibility index (Phi) is 9.89. The van der Waals surface area contributed by atoms with Gasteiger partial charge in [-0.2, -0.15) is 0 Å². The van der Waals surface area contributed by atoms with Crippen LogP contribution < -0.4 is 0 Å². The van der Waals surface area contributed by atoms with Crippen LogP contribution in [0.5, 0.6) is 0 Å². The molecular formula is C39H42Cl2Zr. The second-order valence-corrected chi connectivity index (χ2v) is 19.6. The summed E-state index contributed by atoms with van der Waals surface area (Å²) >= 11 is -2.61. The first-order valence-electron chi connectivity index (χ1n) is 14.6. The maximum Gasteiger partial charge on any atom is -0.147 e. The Balaban J connectivity index is 0.00000202. The molecule has 0 spiro atoms. The Hall–Kier alpha value is -2.31. The van der Waals surface area contributed by atoms with E-state index in [1.54, 1.807) is 17.6 Å². The third kappa shape index (κ3) is 6.17. The molecule has 0 heterocycles. The molecule has 0 saturated heterocycles. The van der Waals surface area contributed by atoms with Crippen molar-refractivity contribution in [1.82, 2.24) is 0 Å². The summed E-state index contributed by atoms with van der Waals surface area (Å²) in [5.74, 6) is 0. The molecule has 0 aromatic heterocycles. The third-order valence-corrected chi connectivity index (χ3v) is 16.9. The molecule has 42 heavy (non-hydrogen) atoms. The van der Waals surface area contributed by atoms with Crippen molar-refractivity contribution in [1.29, 1.82) is 0 Å². The standard InChI is InChI=1S/C21H25.C13H10.C5H5.2ClH.Zr/c1-20(2,3)16-9-7-14-11-15-8-10-17(21(4,5)6)13-19(15)18(14)12-16;1-3-7-12(8-4-1)11-13-9-5-2-6-10-13;1-2-4-5-3-1;;;/h7-13H,1-6H3;1-10H;1-3H,4H2;2*1H;. The van der Waals surface area contributed by atoms with Gasteiger partial charge in [-0.05, 0) is 0 Å². The zero-order valence-electron chi connectivity index (χ0n) is 25.6. The van der Waals surface area contributed by atoms with E-state index >= 15 is 0 Å². The minimum absolute atomic E-state index is 0. The van der Waals surface area contributed by atoms with Crippen LogP contribution in [-0.4, -0.2) is 3.21 Å². The van der Waals surface area contributed by atoms with Crippen molar-refractivity contribution in [2.45, 2.75) is 62.4 Å². The van der Waals surface area contributed by atoms with Crippen molar-refractivity contribution in [3.8, 4) is 11.1 Å². The minimum atomic E-state index is -2.61. The van der Waals surface area contributed by atoms with Crippen LogP contribution in [0.15, 0.2) is 119 Å². The predicted octanol–water partition coefficient (Wildman–Crippen LogP) is 10.9. The number of benzene rings is 4. The van der Waals surface area contributed by atoms with E-state index in [-0.39, 0.29) is 35.6 Å². The first kappa shape index (κ1) is 32.6. The van der Waals surface area contributed by atoms with Crippen molar-refractivity contribution in [3.05, 3.63) is 152 Å². The van der Waals surface area contributed by atoms with Crippen LogP contribution in [-0.2, 0) is 32.1 Å². The zero-order chi connectivity index (χ0) is 28.1. The first-order chi connectivity index (χ1) is 19.1. The van der Waals surface area contributed by atoms with E-state index < -0.39 is 21.3 Å². The van der Waals surface area contributed by atoms with Crippen LogP contribution in [0.4, 0.5) is 0 Å². The first-order valence-corrected chi connectivity index (χ1v) is 18.5. The van der Waals surface area contributed by atoms with Gasteiger partial charge in [0.2, 0.25) is 0 Å². The molecule has 0 fully saturated rings. The summed E-state index contributed by atoms with van der Waals surface area (Å²) in [6.07, 6.45) is 8.21. The third-order valence-electron chi connectivity index (χ3n) is 8.55. The number of allylic oxidation sites excluding steroid dienone is 4. The summed E-state index contributed by atoms with van der Waals surface area (Å²) in [5.41, 5.74) is 11.8. The van der Waals surface area contributed by atoms with Gasteiger partial charge in [0.1, 0.15) is 0 Å². The van der Waals surface area contributed by atoms with Crippen molar-refractivity contribution < 1.29 is 21.3 Å². The van der Waals surface area contributed by atoms with Gasteiger partial charge in [0.15, 0.2) is 0 Å². The van der Waals surface area contributed by atoms with Crippen molar-refractivity contribution in [2.24, 2.45) is 0 Å². The quantitative estimate of drug-likeness (QED) is 0.202. The second-order valence-electron chi connectivity index (χ2n) is 13.4. The van der Waals surface area contributed by atoms with Gasteiger partial charge in [-0.1, -0.05) is 0 Å². The summed E-state index contributed by atoms with van der Waals surface area (Å²) in [7, 11) is 0. The van der Waals surface area contributed by atoms with Crippen LogP contribution in [0, 0.1) is 0 Å². The number of halogens is 2. The van der Waals surface area contributed by atoms with Gasteiger partial charge in [-0.3, -0.25) is 0 Å². The van der Waals surface area contributed by atoms with E-state index in [0.717, 1.165) is 6.42 Å². The van der Waals surface area contributed by atoms with Crippen molar-refractivity contribution >= 4 is 28.0 Å². The average Bonchev–Trinajstić information content (AvgIpc) is 3.58. The molecule has 0 atom stereocenters. The molecule has 3 heteroatoms. The minimum Gasteiger partial charge on any atom is -0.147 e. The van der Waals surface area contributed by atoms with Crippen LogP contribution in [0.25, 0.3) is 11.1 Å². The Labute approximate surface area is 273 Å². The molecule has 6 rings (SSSR count). The van der Waals surface area contributed by atoms with Gasteiger partial charge in [-0.15, -0.1) is 24.8 Å². The molecular weight excluding hydrogens is 631 g/mol. The summed E-state index contributed by atoms with van der Waals surface area (Å²) in [4.78, 5) is 0. The van der Waals surface area contributed by atoms with Gasteiger partial charge < -0.3 is 0 Å². The molecule has 0 saturated carbocycles. The van der Waals surface area contributed by atoms with Crippen LogP contribution >= 0.6 is 24.8 Å². The second kappa shape index (κ2) is 12.7. The predicted molar refractivity (Wildman–Crippen MR) is 184 cm³/mol. The van der Waals surface area contributed by atoms with E-state index in [4.69, 9.17) is 0 Å². The molecule has 2 aliphatic rings. The number of hydrogen-bond acceptors (Lipinski definition) is 0. The molecule has 216 valence electrons. The largest absolute Gasteiger partial charge is 0.147 e. The maximum absolute atomic E-state index is 2.61. The fourth-order valence-corrected chi connectivity index (χ4v) is 15.4. The molecule has 0 radical (unpaired) electrons. The van der Waals surface area contributed by atoms with Gasteiger partial charge in [-0.25, -0.2) is 0 Å². The maximum atomic E-state index is 2.52. The number of rotatable bonds is 4. The van der Waals surface area contributed by atoms with E-state index in [9.17, 15) is 0 Å². The molecule has 0 N–H and O–H groups in total. The fraction of sp³-hybridized carbons (Fsp3) is 0.256. The Morgan fingerprint density at radius 2 is 1.07 bits per heavy atom. The smallest absolute Gasteiger partial charge is 0.147 e.